The van der Waals surface area contributed by atoms with Gasteiger partial charge in [-0.1, -0.05) is 116 Å². The molecule has 148 valence electrons. The zero-order valence-electron chi connectivity index (χ0n) is 16.6. The van der Waals surface area contributed by atoms with Crippen molar-refractivity contribution in [2.24, 2.45) is 0 Å². The summed E-state index contributed by atoms with van der Waals surface area (Å²) in [6.45, 7) is 7.15. The molecule has 0 saturated carbocycles. The smallest absolute Gasteiger partial charge is 0.122 e. The minimum absolute atomic E-state index is 0.285. The highest BCUT2D eigenvalue weighted by Crippen LogP contribution is 2.30. The lowest BCUT2D eigenvalue weighted by Crippen LogP contribution is -1.76. The molecule has 30 heavy (non-hydrogen) atoms. The fourth-order valence-corrected chi connectivity index (χ4v) is 3.24. The Morgan fingerprint density at radius 3 is 1.77 bits per heavy atom. The van der Waals surface area contributed by atoms with E-state index in [9.17, 15) is 0 Å². The highest BCUT2D eigenvalue weighted by Gasteiger charge is 2.06. The summed E-state index contributed by atoms with van der Waals surface area (Å²) in [5.41, 5.74) is 4.57. The second-order valence-electron chi connectivity index (χ2n) is 6.64. The van der Waals surface area contributed by atoms with Crippen molar-refractivity contribution >= 4 is 46.7 Å². The topological polar surface area (TPSA) is 20.2 Å². The van der Waals surface area contributed by atoms with Gasteiger partial charge in [-0.2, -0.15) is 0 Å². The molecule has 4 aromatic rings. The zero-order chi connectivity index (χ0) is 21.3. The summed E-state index contributed by atoms with van der Waals surface area (Å²) >= 11 is 5.63. The predicted molar refractivity (Wildman–Crippen MR) is 133 cm³/mol. The van der Waals surface area contributed by atoms with Gasteiger partial charge in [-0.05, 0) is 45.7 Å². The van der Waals surface area contributed by atoms with Crippen molar-refractivity contribution in [3.63, 3.8) is 0 Å². The van der Waals surface area contributed by atoms with Crippen LogP contribution in [0.25, 0.3) is 35.1 Å². The molecule has 0 unspecified atom stereocenters. The molecule has 0 bridgehead atoms. The first kappa shape index (κ1) is 21.2. The molecule has 5 rings (SSSR count). The lowest BCUT2D eigenvalue weighted by Gasteiger charge is -1.99. The molecule has 2 heteroatoms. The summed E-state index contributed by atoms with van der Waals surface area (Å²) in [5.74, 6) is 0.285. The molecule has 0 heterocycles. The molecular formula is C28H23ClO. The van der Waals surface area contributed by atoms with Crippen molar-refractivity contribution in [1.29, 1.82) is 0 Å². The second kappa shape index (κ2) is 10.3. The lowest BCUT2D eigenvalue weighted by atomic mass is 10.0. The van der Waals surface area contributed by atoms with Gasteiger partial charge < -0.3 is 5.11 Å². The Morgan fingerprint density at radius 1 is 0.667 bits per heavy atom. The molecule has 0 saturated heterocycles. The van der Waals surface area contributed by atoms with E-state index >= 15 is 0 Å². The number of para-hydroxylation sites is 1. The van der Waals surface area contributed by atoms with Gasteiger partial charge in [0, 0.05) is 10.6 Å². The Labute approximate surface area is 182 Å². The van der Waals surface area contributed by atoms with Gasteiger partial charge in [-0.15, -0.1) is 0 Å². The van der Waals surface area contributed by atoms with Gasteiger partial charge in [0.2, 0.25) is 0 Å². The van der Waals surface area contributed by atoms with Crippen LogP contribution in [-0.2, 0) is 0 Å². The third-order valence-electron chi connectivity index (χ3n) is 4.67. The standard InChI is InChI=1S/C12H8.C8H7Cl.C8H8O/c1-3-9-4-2-6-11-8-7-10(5-1)12(9)11;1-2-7-3-5-8(9)6-4-7;1-2-7-5-3-4-6-8(7)9/h1-8H;2-6H,1H2;2-6,9H,1H2. The Bertz CT molecular complexity index is 1150. The first-order chi connectivity index (χ1) is 14.6. The molecule has 1 aliphatic rings. The van der Waals surface area contributed by atoms with Crippen LogP contribution >= 0.6 is 11.6 Å². The van der Waals surface area contributed by atoms with E-state index < -0.39 is 0 Å². The van der Waals surface area contributed by atoms with E-state index in [1.54, 1.807) is 24.3 Å². The van der Waals surface area contributed by atoms with E-state index in [-0.39, 0.29) is 5.75 Å². The van der Waals surface area contributed by atoms with Crippen LogP contribution in [-0.4, -0.2) is 5.11 Å². The van der Waals surface area contributed by atoms with Crippen molar-refractivity contribution in [3.8, 4) is 5.75 Å². The van der Waals surface area contributed by atoms with Crippen LogP contribution in [0, 0.1) is 0 Å². The molecule has 0 amide bonds. The van der Waals surface area contributed by atoms with Crippen molar-refractivity contribution < 1.29 is 5.11 Å². The Hall–Kier alpha value is -3.55. The van der Waals surface area contributed by atoms with Gasteiger partial charge in [-0.3, -0.25) is 0 Å². The second-order valence-corrected chi connectivity index (χ2v) is 7.08. The maximum atomic E-state index is 9.04. The van der Waals surface area contributed by atoms with Crippen LogP contribution in [0.15, 0.2) is 98.1 Å². The summed E-state index contributed by atoms with van der Waals surface area (Å²) in [7, 11) is 0. The summed E-state index contributed by atoms with van der Waals surface area (Å²) < 4.78 is 0. The summed E-state index contributed by atoms with van der Waals surface area (Å²) in [5, 5.41) is 12.5. The monoisotopic (exact) mass is 410 g/mol. The van der Waals surface area contributed by atoms with E-state index in [0.717, 1.165) is 16.1 Å². The SMILES string of the molecule is C1=Cc2cccc3cccc1c23.C=Cc1ccc(Cl)cc1.C=Cc1ccccc1O. The Balaban J connectivity index is 0.000000131. The fourth-order valence-electron chi connectivity index (χ4n) is 3.12. The average Bonchev–Trinajstić information content (AvgIpc) is 3.21. The van der Waals surface area contributed by atoms with Crippen LogP contribution < -0.4 is 0 Å². The van der Waals surface area contributed by atoms with E-state index in [0.29, 0.717) is 0 Å². The molecular weight excluding hydrogens is 388 g/mol. The summed E-state index contributed by atoms with van der Waals surface area (Å²) in [6.07, 6.45) is 7.76. The molecule has 1 aliphatic carbocycles. The van der Waals surface area contributed by atoms with Crippen molar-refractivity contribution in [2.75, 3.05) is 0 Å². The molecule has 0 aliphatic heterocycles. The van der Waals surface area contributed by atoms with Crippen LogP contribution in [0.4, 0.5) is 0 Å². The maximum Gasteiger partial charge on any atom is 0.122 e. The van der Waals surface area contributed by atoms with Gasteiger partial charge in [0.05, 0.1) is 0 Å². The molecule has 1 N–H and O–H groups in total. The molecule has 0 atom stereocenters. The first-order valence-electron chi connectivity index (χ1n) is 9.60. The van der Waals surface area contributed by atoms with Gasteiger partial charge in [-0.25, -0.2) is 0 Å². The van der Waals surface area contributed by atoms with Crippen LogP contribution in [0.2, 0.25) is 5.02 Å². The molecule has 0 aromatic heterocycles. The number of aromatic hydroxyl groups is 1. The number of rotatable bonds is 2. The van der Waals surface area contributed by atoms with E-state index in [1.165, 1.54) is 21.9 Å². The van der Waals surface area contributed by atoms with E-state index in [4.69, 9.17) is 16.7 Å². The minimum atomic E-state index is 0.285. The van der Waals surface area contributed by atoms with Gasteiger partial charge in [0.25, 0.3) is 0 Å². The van der Waals surface area contributed by atoms with Crippen LogP contribution in [0.3, 0.4) is 0 Å². The predicted octanol–water partition coefficient (Wildman–Crippen LogP) is 8.34. The van der Waals surface area contributed by atoms with Gasteiger partial charge in [0.15, 0.2) is 0 Å². The fraction of sp³-hybridized carbons (Fsp3) is 0. The maximum absolute atomic E-state index is 9.04. The zero-order valence-corrected chi connectivity index (χ0v) is 17.4. The largest absolute Gasteiger partial charge is 0.507 e. The number of hydrogen-bond acceptors (Lipinski definition) is 1. The van der Waals surface area contributed by atoms with Crippen LogP contribution in [0.1, 0.15) is 22.3 Å². The molecule has 0 radical (unpaired) electrons. The molecule has 1 nitrogen and oxygen atoms in total. The van der Waals surface area contributed by atoms with Gasteiger partial charge >= 0.3 is 0 Å². The van der Waals surface area contributed by atoms with Crippen LogP contribution in [0.5, 0.6) is 5.75 Å². The minimum Gasteiger partial charge on any atom is -0.507 e. The average molecular weight is 411 g/mol. The number of phenols is 1. The number of benzene rings is 4. The Morgan fingerprint density at radius 2 is 1.27 bits per heavy atom. The highest BCUT2D eigenvalue weighted by molar-refractivity contribution is 6.30. The summed E-state index contributed by atoms with van der Waals surface area (Å²) in [4.78, 5) is 0. The molecule has 0 spiro atoms. The van der Waals surface area contributed by atoms with Crippen molar-refractivity contribution in [1.82, 2.24) is 0 Å². The lowest BCUT2D eigenvalue weighted by molar-refractivity contribution is 0.474. The first-order valence-corrected chi connectivity index (χ1v) is 9.98. The van der Waals surface area contributed by atoms with Gasteiger partial charge in [0.1, 0.15) is 5.75 Å². The third kappa shape index (κ3) is 5.28. The highest BCUT2D eigenvalue weighted by atomic mass is 35.5. The van der Waals surface area contributed by atoms with E-state index in [2.05, 4.69) is 61.7 Å². The summed E-state index contributed by atoms with van der Waals surface area (Å²) in [6, 6.07) is 27.5. The Kier molecular flexibility index (Phi) is 7.26. The van der Waals surface area contributed by atoms with Crippen molar-refractivity contribution in [2.45, 2.75) is 0 Å². The van der Waals surface area contributed by atoms with E-state index in [1.807, 2.05) is 36.4 Å². The quantitative estimate of drug-likeness (QED) is 0.310. The molecule has 0 fully saturated rings. The molecule has 4 aromatic carbocycles. The van der Waals surface area contributed by atoms with Crippen molar-refractivity contribution in [3.05, 3.63) is 125 Å². The normalized spacial score (nSPS) is 10.4. The third-order valence-corrected chi connectivity index (χ3v) is 4.93. The number of halogens is 1. The number of phenolic OH excluding ortho intramolecular Hbond substituents is 1. The number of hydrogen-bond donors (Lipinski definition) is 1.